The van der Waals surface area contributed by atoms with E-state index in [0.29, 0.717) is 28.6 Å². The number of aromatic hydroxyl groups is 1. The normalized spacial score (nSPS) is 13.0. The molecule has 0 bridgehead atoms. The molecule has 0 saturated heterocycles. The Balaban J connectivity index is 2.71. The number of nitrogens with two attached hydrogens (primary N) is 1. The van der Waals surface area contributed by atoms with E-state index in [1.165, 1.54) is 6.07 Å². The van der Waals surface area contributed by atoms with Crippen LogP contribution in [0, 0.1) is 0 Å². The largest absolute Gasteiger partial charge is 0.506 e. The Morgan fingerprint density at radius 1 is 1.41 bits per heavy atom. The third-order valence-corrected chi connectivity index (χ3v) is 3.01. The molecule has 2 aromatic rings. The molecule has 8 heteroatoms. The van der Waals surface area contributed by atoms with Crippen LogP contribution in [-0.2, 0) is 7.05 Å². The summed E-state index contributed by atoms with van der Waals surface area (Å²) in [7, 11) is 1.74. The Kier molecular flexibility index (Phi) is 4.57. The molecule has 114 valence electrons. The number of halogens is 1. The minimum absolute atomic E-state index is 0.0233. The molecule has 0 aliphatic carbocycles. The Morgan fingerprint density at radius 2 is 2.14 bits per heavy atom. The zero-order chi connectivity index (χ0) is 16.3. The van der Waals surface area contributed by atoms with E-state index in [2.05, 4.69) is 26.8 Å². The number of phenols is 1. The zero-order valence-electron chi connectivity index (χ0n) is 12.2. The SMILES string of the molecule is C=N/C(=C(\N=C(C)N)c1ncn(C)n1)c1ccc(O)c(Cl)c1. The van der Waals surface area contributed by atoms with Crippen LogP contribution < -0.4 is 5.73 Å². The number of amidine groups is 1. The fourth-order valence-corrected chi connectivity index (χ4v) is 1.97. The lowest BCUT2D eigenvalue weighted by Crippen LogP contribution is -2.06. The molecule has 1 aromatic carbocycles. The fourth-order valence-electron chi connectivity index (χ4n) is 1.79. The molecule has 0 atom stereocenters. The highest BCUT2D eigenvalue weighted by molar-refractivity contribution is 6.32. The molecule has 0 saturated carbocycles. The van der Waals surface area contributed by atoms with E-state index in [0.717, 1.165) is 0 Å². The highest BCUT2D eigenvalue weighted by Gasteiger charge is 2.15. The van der Waals surface area contributed by atoms with Crippen molar-refractivity contribution in [3.05, 3.63) is 40.9 Å². The van der Waals surface area contributed by atoms with Crippen molar-refractivity contribution in [3.63, 3.8) is 0 Å². The molecule has 0 unspecified atom stereocenters. The van der Waals surface area contributed by atoms with Crippen LogP contribution in [0.4, 0.5) is 0 Å². The van der Waals surface area contributed by atoms with Gasteiger partial charge in [-0.3, -0.25) is 9.67 Å². The smallest absolute Gasteiger partial charge is 0.202 e. The summed E-state index contributed by atoms with van der Waals surface area (Å²) in [5, 5.41) is 13.9. The highest BCUT2D eigenvalue weighted by Crippen LogP contribution is 2.31. The number of aliphatic imine (C=N–C) groups is 2. The maximum atomic E-state index is 9.53. The number of aromatic nitrogens is 3. The van der Waals surface area contributed by atoms with Gasteiger partial charge in [0.15, 0.2) is 0 Å². The van der Waals surface area contributed by atoms with Crippen LogP contribution in [0.2, 0.25) is 5.02 Å². The molecule has 0 aliphatic rings. The number of benzene rings is 1. The van der Waals surface area contributed by atoms with Gasteiger partial charge in [0.05, 0.1) is 16.6 Å². The molecule has 3 N–H and O–H groups in total. The second kappa shape index (κ2) is 6.40. The van der Waals surface area contributed by atoms with Crippen LogP contribution >= 0.6 is 11.6 Å². The van der Waals surface area contributed by atoms with Gasteiger partial charge in [-0.15, -0.1) is 5.10 Å². The second-order valence-corrected chi connectivity index (χ2v) is 4.92. The van der Waals surface area contributed by atoms with Gasteiger partial charge in [-0.1, -0.05) is 11.6 Å². The lowest BCUT2D eigenvalue weighted by atomic mass is 10.1. The summed E-state index contributed by atoms with van der Waals surface area (Å²) in [6.45, 7) is 5.21. The number of nitrogens with zero attached hydrogens (tertiary/aromatic N) is 5. The van der Waals surface area contributed by atoms with Crippen molar-refractivity contribution >= 4 is 35.5 Å². The predicted octanol–water partition coefficient (Wildman–Crippen LogP) is 2.08. The van der Waals surface area contributed by atoms with Crippen LogP contribution in [0.25, 0.3) is 11.4 Å². The average Bonchev–Trinajstić information content (AvgIpc) is 2.88. The van der Waals surface area contributed by atoms with Crippen molar-refractivity contribution in [3.8, 4) is 5.75 Å². The van der Waals surface area contributed by atoms with Gasteiger partial charge in [0.1, 0.15) is 17.8 Å². The van der Waals surface area contributed by atoms with E-state index in [1.807, 2.05) is 0 Å². The van der Waals surface area contributed by atoms with Crippen molar-refractivity contribution in [2.45, 2.75) is 6.92 Å². The highest BCUT2D eigenvalue weighted by atomic mass is 35.5. The first kappa shape index (κ1) is 15.7. The van der Waals surface area contributed by atoms with Gasteiger partial charge in [-0.25, -0.2) is 9.98 Å². The summed E-state index contributed by atoms with van der Waals surface area (Å²) in [4.78, 5) is 12.4. The van der Waals surface area contributed by atoms with E-state index >= 15 is 0 Å². The molecule has 0 spiro atoms. The maximum absolute atomic E-state index is 9.53. The molecule has 0 radical (unpaired) electrons. The van der Waals surface area contributed by atoms with Gasteiger partial charge in [-0.05, 0) is 31.8 Å². The summed E-state index contributed by atoms with van der Waals surface area (Å²) in [6, 6.07) is 4.67. The van der Waals surface area contributed by atoms with Crippen LogP contribution in [-0.4, -0.2) is 32.4 Å². The summed E-state index contributed by atoms with van der Waals surface area (Å²) < 4.78 is 1.54. The topological polar surface area (TPSA) is 102 Å². The van der Waals surface area contributed by atoms with Gasteiger partial charge in [0.25, 0.3) is 0 Å². The Hall–Kier alpha value is -2.67. The van der Waals surface area contributed by atoms with Gasteiger partial charge < -0.3 is 10.8 Å². The molecular weight excluding hydrogens is 304 g/mol. The first-order valence-corrected chi connectivity index (χ1v) is 6.67. The van der Waals surface area contributed by atoms with Gasteiger partial charge in [-0.2, -0.15) is 0 Å². The minimum atomic E-state index is -0.0233. The first-order chi connectivity index (χ1) is 10.4. The molecule has 2 rings (SSSR count). The molecule has 0 aliphatic heterocycles. The number of aryl methyl sites for hydroxylation is 1. The number of rotatable bonds is 4. The monoisotopic (exact) mass is 318 g/mol. The Morgan fingerprint density at radius 3 is 2.64 bits per heavy atom. The molecule has 0 amide bonds. The standard InChI is InChI=1S/C14H15ClN6O/c1-8(16)19-13(14-18-7-21(3)20-14)12(17-2)9-4-5-11(22)10(15)6-9/h4-7,22H,2H2,1,3H3,(H2,16,19)/b13-12-. The van der Waals surface area contributed by atoms with Crippen LogP contribution in [0.1, 0.15) is 18.3 Å². The number of hydrogen-bond donors (Lipinski definition) is 2. The second-order valence-electron chi connectivity index (χ2n) is 4.52. The third kappa shape index (κ3) is 3.32. The van der Waals surface area contributed by atoms with Gasteiger partial charge in [0.2, 0.25) is 5.82 Å². The van der Waals surface area contributed by atoms with Crippen molar-refractivity contribution < 1.29 is 5.11 Å². The van der Waals surface area contributed by atoms with Crippen LogP contribution in [0.5, 0.6) is 5.75 Å². The molecule has 1 aromatic heterocycles. The number of phenolic OH excluding ortho intramolecular Hbond substituents is 1. The molecule has 22 heavy (non-hydrogen) atoms. The summed E-state index contributed by atoms with van der Waals surface area (Å²) in [5.41, 5.74) is 7.09. The zero-order valence-corrected chi connectivity index (χ0v) is 12.9. The van der Waals surface area contributed by atoms with E-state index in [1.54, 1.807) is 37.1 Å². The van der Waals surface area contributed by atoms with E-state index < -0.39 is 0 Å². The van der Waals surface area contributed by atoms with E-state index in [-0.39, 0.29) is 10.8 Å². The molecule has 0 fully saturated rings. The van der Waals surface area contributed by atoms with Crippen LogP contribution in [0.3, 0.4) is 0 Å². The lowest BCUT2D eigenvalue weighted by Gasteiger charge is -2.07. The van der Waals surface area contributed by atoms with Crippen molar-refractivity contribution in [2.24, 2.45) is 22.8 Å². The summed E-state index contributed by atoms with van der Waals surface area (Å²) in [5.74, 6) is 0.664. The van der Waals surface area contributed by atoms with Gasteiger partial charge >= 0.3 is 0 Å². The third-order valence-electron chi connectivity index (χ3n) is 2.70. The predicted molar refractivity (Wildman–Crippen MR) is 87.8 cm³/mol. The van der Waals surface area contributed by atoms with Crippen molar-refractivity contribution in [1.82, 2.24) is 14.8 Å². The lowest BCUT2D eigenvalue weighted by molar-refractivity contribution is 0.475. The molecule has 1 heterocycles. The average molecular weight is 319 g/mol. The van der Waals surface area contributed by atoms with E-state index in [4.69, 9.17) is 17.3 Å². The maximum Gasteiger partial charge on any atom is 0.202 e. The van der Waals surface area contributed by atoms with Crippen molar-refractivity contribution in [1.29, 1.82) is 0 Å². The first-order valence-electron chi connectivity index (χ1n) is 6.29. The number of hydrogen-bond acceptors (Lipinski definition) is 5. The quantitative estimate of drug-likeness (QED) is 0.665. The van der Waals surface area contributed by atoms with Gasteiger partial charge in [0, 0.05) is 12.6 Å². The van der Waals surface area contributed by atoms with Crippen molar-refractivity contribution in [2.75, 3.05) is 0 Å². The summed E-state index contributed by atoms with van der Waals surface area (Å²) >= 11 is 5.94. The fraction of sp³-hybridized carbons (Fsp3) is 0.143. The Bertz CT molecular complexity index is 773. The molecular formula is C14H15ClN6O. The molecule has 7 nitrogen and oxygen atoms in total. The minimum Gasteiger partial charge on any atom is -0.506 e. The van der Waals surface area contributed by atoms with E-state index in [9.17, 15) is 5.11 Å². The summed E-state index contributed by atoms with van der Waals surface area (Å²) in [6.07, 6.45) is 1.54. The van der Waals surface area contributed by atoms with Crippen LogP contribution in [0.15, 0.2) is 34.5 Å². The Labute approximate surface area is 132 Å².